The van der Waals surface area contributed by atoms with E-state index >= 15 is 0 Å². The number of amides is 1. The monoisotopic (exact) mass is 571 g/mol. The Morgan fingerprint density at radius 3 is 2.20 bits per heavy atom. The van der Waals surface area contributed by atoms with E-state index in [0.717, 1.165) is 24.3 Å². The van der Waals surface area contributed by atoms with Crippen LogP contribution in [0.5, 0.6) is 17.2 Å². The Morgan fingerprint density at radius 2 is 1.56 bits per heavy atom. The number of hydrogen-bond acceptors (Lipinski definition) is 6. The molecule has 2 heterocycles. The van der Waals surface area contributed by atoms with Crippen LogP contribution >= 0.6 is 0 Å². The number of alkyl halides is 3. The Balaban J connectivity index is 1.53. The summed E-state index contributed by atoms with van der Waals surface area (Å²) in [4.78, 5) is 23.8. The number of nitrogens with zero attached hydrogens (tertiary/aromatic N) is 3. The highest BCUT2D eigenvalue weighted by Gasteiger charge is 2.34. The number of methoxy groups -OCH3 is 2. The molecule has 0 aliphatic carbocycles. The van der Waals surface area contributed by atoms with Gasteiger partial charge in [0.1, 0.15) is 28.9 Å². The van der Waals surface area contributed by atoms with Gasteiger partial charge in [-0.2, -0.15) is 0 Å². The number of ether oxygens (including phenoxy) is 3. The molecule has 1 amide bonds. The quantitative estimate of drug-likeness (QED) is 0.239. The Hall–Kier alpha value is -4.74. The highest BCUT2D eigenvalue weighted by molar-refractivity contribution is 5.99. The van der Waals surface area contributed by atoms with Gasteiger partial charge in [-0.25, -0.2) is 18.7 Å². The van der Waals surface area contributed by atoms with Crippen LogP contribution in [0.4, 0.5) is 22.0 Å². The lowest BCUT2D eigenvalue weighted by Crippen LogP contribution is -2.24. The summed E-state index contributed by atoms with van der Waals surface area (Å²) in [6.45, 7) is 0.162. The number of halogens is 5. The van der Waals surface area contributed by atoms with Crippen molar-refractivity contribution >= 4 is 5.91 Å². The second kappa shape index (κ2) is 11.0. The maximum Gasteiger partial charge on any atom is 0.573 e. The summed E-state index contributed by atoms with van der Waals surface area (Å²) in [5, 5.41) is 0. The zero-order valence-corrected chi connectivity index (χ0v) is 21.8. The first-order valence-corrected chi connectivity index (χ1v) is 12.3. The van der Waals surface area contributed by atoms with Crippen molar-refractivity contribution in [3.63, 3.8) is 0 Å². The first-order chi connectivity index (χ1) is 19.6. The van der Waals surface area contributed by atoms with E-state index < -0.39 is 35.2 Å². The molecule has 0 bridgehead atoms. The maximum absolute atomic E-state index is 14.7. The van der Waals surface area contributed by atoms with Gasteiger partial charge >= 0.3 is 6.36 Å². The van der Waals surface area contributed by atoms with Gasteiger partial charge < -0.3 is 19.1 Å². The molecule has 0 fully saturated rings. The van der Waals surface area contributed by atoms with E-state index in [1.165, 1.54) is 37.3 Å². The van der Waals surface area contributed by atoms with Crippen molar-refractivity contribution in [2.75, 3.05) is 14.2 Å². The molecule has 1 aromatic heterocycles. The summed E-state index contributed by atoms with van der Waals surface area (Å²) in [5.74, 6) is -1.78. The van der Waals surface area contributed by atoms with Crippen LogP contribution in [0, 0.1) is 11.6 Å². The summed E-state index contributed by atoms with van der Waals surface area (Å²) >= 11 is 0. The highest BCUT2D eigenvalue weighted by atomic mass is 19.4. The number of aromatic nitrogens is 2. The minimum absolute atomic E-state index is 0.0222. The van der Waals surface area contributed by atoms with Crippen molar-refractivity contribution in [3.05, 3.63) is 100 Å². The van der Waals surface area contributed by atoms with Crippen molar-refractivity contribution in [2.45, 2.75) is 25.9 Å². The SMILES string of the molecule is COc1ccc(CN2Cc3nc(-c4c(F)cccc4F)nc(Cc4ccc(OC(F)(F)F)cc4)c3C2=O)c(OC)c1. The van der Waals surface area contributed by atoms with E-state index in [2.05, 4.69) is 14.7 Å². The summed E-state index contributed by atoms with van der Waals surface area (Å²) in [6, 6.07) is 13.5. The third-order valence-electron chi connectivity index (χ3n) is 6.47. The molecule has 7 nitrogen and oxygen atoms in total. The molecule has 4 aromatic rings. The van der Waals surface area contributed by atoms with Crippen LogP contribution in [0.3, 0.4) is 0 Å². The van der Waals surface area contributed by atoms with Crippen molar-refractivity contribution in [1.82, 2.24) is 14.9 Å². The maximum atomic E-state index is 14.7. The normalized spacial score (nSPS) is 12.9. The molecule has 0 saturated carbocycles. The first-order valence-electron chi connectivity index (χ1n) is 12.3. The van der Waals surface area contributed by atoms with Gasteiger partial charge in [0.25, 0.3) is 5.91 Å². The van der Waals surface area contributed by atoms with Gasteiger partial charge in [-0.1, -0.05) is 18.2 Å². The zero-order chi connectivity index (χ0) is 29.3. The van der Waals surface area contributed by atoms with Crippen LogP contribution in [0.1, 0.15) is 32.9 Å². The molecule has 0 saturated heterocycles. The molecule has 0 atom stereocenters. The third kappa shape index (κ3) is 5.91. The van der Waals surface area contributed by atoms with Crippen molar-refractivity contribution in [1.29, 1.82) is 0 Å². The molecular formula is C29H22F5N3O4. The molecule has 212 valence electrons. The lowest BCUT2D eigenvalue weighted by molar-refractivity contribution is -0.274. The van der Waals surface area contributed by atoms with E-state index in [-0.39, 0.29) is 42.3 Å². The Bertz CT molecular complexity index is 1590. The fourth-order valence-electron chi connectivity index (χ4n) is 4.60. The van der Waals surface area contributed by atoms with Crippen molar-refractivity contribution in [3.8, 4) is 28.6 Å². The average molecular weight is 572 g/mol. The van der Waals surface area contributed by atoms with Crippen LogP contribution in [-0.2, 0) is 19.5 Å². The summed E-state index contributed by atoms with van der Waals surface area (Å²) in [6.07, 6.45) is -4.87. The van der Waals surface area contributed by atoms with E-state index in [4.69, 9.17) is 9.47 Å². The van der Waals surface area contributed by atoms with Gasteiger partial charge in [0.15, 0.2) is 5.82 Å². The fourth-order valence-corrected chi connectivity index (χ4v) is 4.60. The number of hydrogen-bond donors (Lipinski definition) is 0. The second-order valence-corrected chi connectivity index (χ2v) is 9.12. The van der Waals surface area contributed by atoms with E-state index in [9.17, 15) is 26.7 Å². The van der Waals surface area contributed by atoms with Crippen LogP contribution in [0.25, 0.3) is 11.4 Å². The molecule has 0 radical (unpaired) electrons. The van der Waals surface area contributed by atoms with Gasteiger partial charge in [0, 0.05) is 18.1 Å². The minimum atomic E-state index is -4.85. The van der Waals surface area contributed by atoms with Gasteiger partial charge in [0.05, 0.1) is 49.8 Å². The van der Waals surface area contributed by atoms with E-state index in [1.54, 1.807) is 18.2 Å². The number of fused-ring (bicyclic) bond motifs is 1. The molecule has 41 heavy (non-hydrogen) atoms. The Kier molecular flexibility index (Phi) is 7.48. The average Bonchev–Trinajstić information content (AvgIpc) is 3.24. The molecule has 0 unspecified atom stereocenters. The minimum Gasteiger partial charge on any atom is -0.497 e. The van der Waals surface area contributed by atoms with Crippen molar-refractivity contribution < 1.29 is 41.0 Å². The Morgan fingerprint density at radius 1 is 0.878 bits per heavy atom. The molecule has 0 N–H and O–H groups in total. The lowest BCUT2D eigenvalue weighted by atomic mass is 10.0. The molecular weight excluding hydrogens is 549 g/mol. The number of rotatable bonds is 8. The number of carbonyl (C=O) groups is 1. The predicted molar refractivity (Wildman–Crippen MR) is 136 cm³/mol. The van der Waals surface area contributed by atoms with Gasteiger partial charge in [-0.05, 0) is 42.0 Å². The van der Waals surface area contributed by atoms with Crippen LogP contribution in [0.15, 0.2) is 60.7 Å². The van der Waals surface area contributed by atoms with Gasteiger partial charge in [-0.3, -0.25) is 4.79 Å². The number of benzene rings is 3. The van der Waals surface area contributed by atoms with Crippen molar-refractivity contribution in [2.24, 2.45) is 0 Å². The van der Waals surface area contributed by atoms with E-state index in [1.807, 2.05) is 0 Å². The topological polar surface area (TPSA) is 73.8 Å². The fraction of sp³-hybridized carbons (Fsp3) is 0.207. The zero-order valence-electron chi connectivity index (χ0n) is 21.8. The standard InChI is InChI=1S/C29H22F5N3O4/c1-39-19-11-8-17(24(13-19)40-2)14-37-15-23-26(28(37)38)22(12-16-6-9-18(10-7-16)41-29(32,33)34)35-27(36-23)25-20(30)4-3-5-21(25)31/h3-11,13H,12,14-15H2,1-2H3. The van der Waals surface area contributed by atoms with Crippen LogP contribution in [-0.4, -0.2) is 41.4 Å². The smallest absolute Gasteiger partial charge is 0.497 e. The van der Waals surface area contributed by atoms with Crippen LogP contribution < -0.4 is 14.2 Å². The summed E-state index contributed by atoms with van der Waals surface area (Å²) in [7, 11) is 3.00. The summed E-state index contributed by atoms with van der Waals surface area (Å²) in [5.41, 5.74) is 1.32. The molecule has 1 aliphatic heterocycles. The summed E-state index contributed by atoms with van der Waals surface area (Å²) < 4.78 is 81.7. The number of carbonyl (C=O) groups excluding carboxylic acids is 1. The predicted octanol–water partition coefficient (Wildman–Crippen LogP) is 6.08. The Labute approximate surface area is 231 Å². The molecule has 0 spiro atoms. The van der Waals surface area contributed by atoms with Crippen LogP contribution in [0.2, 0.25) is 0 Å². The first kappa shape index (κ1) is 27.8. The lowest BCUT2D eigenvalue weighted by Gasteiger charge is -2.18. The van der Waals surface area contributed by atoms with E-state index in [0.29, 0.717) is 22.6 Å². The molecule has 1 aliphatic rings. The third-order valence-corrected chi connectivity index (χ3v) is 6.47. The van der Waals surface area contributed by atoms with Gasteiger partial charge in [0.2, 0.25) is 0 Å². The molecule has 5 rings (SSSR count). The van der Waals surface area contributed by atoms with Gasteiger partial charge in [-0.15, -0.1) is 13.2 Å². The highest BCUT2D eigenvalue weighted by Crippen LogP contribution is 2.33. The molecule has 3 aromatic carbocycles. The molecule has 12 heteroatoms. The largest absolute Gasteiger partial charge is 0.573 e. The second-order valence-electron chi connectivity index (χ2n) is 9.12.